The number of hydrogen-bond donors (Lipinski definition) is 1. The Morgan fingerprint density at radius 1 is 1.00 bits per heavy atom. The van der Waals surface area contributed by atoms with Crippen molar-refractivity contribution in [3.05, 3.63) is 69.7 Å². The summed E-state index contributed by atoms with van der Waals surface area (Å²) in [5, 5.41) is 7.66. The van der Waals surface area contributed by atoms with Gasteiger partial charge in [-0.15, -0.1) is 11.3 Å². The van der Waals surface area contributed by atoms with E-state index in [1.54, 1.807) is 17.4 Å². The summed E-state index contributed by atoms with van der Waals surface area (Å²) in [6.45, 7) is 0.677. The van der Waals surface area contributed by atoms with E-state index >= 15 is 0 Å². The molecule has 1 N–H and O–H groups in total. The van der Waals surface area contributed by atoms with Crippen LogP contribution in [-0.2, 0) is 6.54 Å². The van der Waals surface area contributed by atoms with Gasteiger partial charge in [0, 0.05) is 39.4 Å². The van der Waals surface area contributed by atoms with Crippen LogP contribution in [-0.4, -0.2) is 4.98 Å². The minimum Gasteiger partial charge on any atom is -0.381 e. The van der Waals surface area contributed by atoms with Crippen molar-refractivity contribution in [3.63, 3.8) is 0 Å². The Morgan fingerprint density at radius 3 is 2.33 bits per heavy atom. The lowest BCUT2D eigenvalue weighted by atomic mass is 10.2. The zero-order valence-electron chi connectivity index (χ0n) is 11.0. The van der Waals surface area contributed by atoms with Gasteiger partial charge in [-0.25, -0.2) is 4.98 Å². The average Bonchev–Trinajstić information content (AvgIpc) is 2.99. The van der Waals surface area contributed by atoms with E-state index in [2.05, 4.69) is 22.4 Å². The molecule has 0 atom stereocenters. The zero-order valence-corrected chi connectivity index (χ0v) is 13.3. The first-order valence-electron chi connectivity index (χ1n) is 6.39. The fourth-order valence-corrected chi connectivity index (χ4v) is 3.23. The maximum absolute atomic E-state index is 5.99. The average molecular weight is 335 g/mol. The van der Waals surface area contributed by atoms with Crippen LogP contribution >= 0.6 is 34.5 Å². The molecular formula is C16H12Cl2N2S. The van der Waals surface area contributed by atoms with Crippen molar-refractivity contribution < 1.29 is 0 Å². The molecule has 0 aliphatic rings. The third kappa shape index (κ3) is 3.76. The van der Waals surface area contributed by atoms with Crippen molar-refractivity contribution >= 4 is 40.2 Å². The molecule has 3 rings (SSSR count). The SMILES string of the molecule is Clc1cc(Cl)cc(CNc2ccc(-c3nccs3)cc2)c1. The van der Waals surface area contributed by atoms with E-state index in [-0.39, 0.29) is 0 Å². The van der Waals surface area contributed by atoms with Gasteiger partial charge >= 0.3 is 0 Å². The molecule has 0 unspecified atom stereocenters. The van der Waals surface area contributed by atoms with Crippen LogP contribution in [0.25, 0.3) is 10.6 Å². The number of benzene rings is 2. The molecule has 0 spiro atoms. The van der Waals surface area contributed by atoms with E-state index in [0.717, 1.165) is 21.8 Å². The van der Waals surface area contributed by atoms with Crippen molar-refractivity contribution in [1.82, 2.24) is 4.98 Å². The summed E-state index contributed by atoms with van der Waals surface area (Å²) in [5.41, 5.74) is 3.23. The van der Waals surface area contributed by atoms with E-state index in [9.17, 15) is 0 Å². The molecule has 0 radical (unpaired) electrons. The number of halogens is 2. The van der Waals surface area contributed by atoms with Crippen LogP contribution in [0.15, 0.2) is 54.0 Å². The Balaban J connectivity index is 1.68. The Morgan fingerprint density at radius 2 is 1.71 bits per heavy atom. The van der Waals surface area contributed by atoms with E-state index < -0.39 is 0 Å². The molecule has 0 saturated carbocycles. The van der Waals surface area contributed by atoms with Gasteiger partial charge in [0.25, 0.3) is 0 Å². The van der Waals surface area contributed by atoms with E-state index in [1.165, 1.54) is 0 Å². The maximum Gasteiger partial charge on any atom is 0.123 e. The maximum atomic E-state index is 5.99. The summed E-state index contributed by atoms with van der Waals surface area (Å²) in [5.74, 6) is 0. The monoisotopic (exact) mass is 334 g/mol. The number of nitrogens with one attached hydrogen (secondary N) is 1. The molecule has 0 bridgehead atoms. The first kappa shape index (κ1) is 14.4. The summed E-state index contributed by atoms with van der Waals surface area (Å²) in [7, 11) is 0. The third-order valence-corrected chi connectivity index (χ3v) is 4.24. The Kier molecular flexibility index (Phi) is 4.44. The molecule has 2 aromatic carbocycles. The molecule has 21 heavy (non-hydrogen) atoms. The van der Waals surface area contributed by atoms with Crippen LogP contribution in [0.2, 0.25) is 10.0 Å². The van der Waals surface area contributed by atoms with Gasteiger partial charge in [-0.05, 0) is 48.0 Å². The van der Waals surface area contributed by atoms with Gasteiger partial charge in [0.15, 0.2) is 0 Å². The number of nitrogens with zero attached hydrogens (tertiary/aromatic N) is 1. The minimum absolute atomic E-state index is 0.651. The number of anilines is 1. The van der Waals surface area contributed by atoms with Gasteiger partial charge < -0.3 is 5.32 Å². The Bertz CT molecular complexity index is 704. The second kappa shape index (κ2) is 6.48. The first-order chi connectivity index (χ1) is 10.2. The standard InChI is InChI=1S/C16H12Cl2N2S/c17-13-7-11(8-14(18)9-13)10-20-15-3-1-12(2-4-15)16-19-5-6-21-16/h1-9,20H,10H2. The van der Waals surface area contributed by atoms with Crippen LogP contribution in [0.5, 0.6) is 0 Å². The number of aromatic nitrogens is 1. The summed E-state index contributed by atoms with van der Waals surface area (Å²) < 4.78 is 0. The van der Waals surface area contributed by atoms with Gasteiger partial charge in [-0.2, -0.15) is 0 Å². The third-order valence-electron chi connectivity index (χ3n) is 2.98. The Labute approximate surface area is 137 Å². The van der Waals surface area contributed by atoms with Crippen molar-refractivity contribution in [1.29, 1.82) is 0 Å². The fourth-order valence-electron chi connectivity index (χ4n) is 2.01. The summed E-state index contributed by atoms with van der Waals surface area (Å²) >= 11 is 13.6. The number of rotatable bonds is 4. The highest BCUT2D eigenvalue weighted by Crippen LogP contribution is 2.24. The van der Waals surface area contributed by atoms with Crippen molar-refractivity contribution in [2.75, 3.05) is 5.32 Å². The Hall–Kier alpha value is -1.55. The lowest BCUT2D eigenvalue weighted by Crippen LogP contribution is -1.99. The lowest BCUT2D eigenvalue weighted by Gasteiger charge is -2.08. The molecule has 5 heteroatoms. The van der Waals surface area contributed by atoms with Crippen LogP contribution in [0.1, 0.15) is 5.56 Å². The highest BCUT2D eigenvalue weighted by Gasteiger charge is 2.01. The quantitative estimate of drug-likeness (QED) is 0.659. The largest absolute Gasteiger partial charge is 0.381 e. The molecular weight excluding hydrogens is 323 g/mol. The molecule has 0 amide bonds. The van der Waals surface area contributed by atoms with Gasteiger partial charge in [0.05, 0.1) is 0 Å². The van der Waals surface area contributed by atoms with Crippen LogP contribution in [0, 0.1) is 0 Å². The van der Waals surface area contributed by atoms with Gasteiger partial charge in [-0.1, -0.05) is 23.2 Å². The van der Waals surface area contributed by atoms with E-state index in [4.69, 9.17) is 23.2 Å². The van der Waals surface area contributed by atoms with Gasteiger partial charge in [0.2, 0.25) is 0 Å². The summed E-state index contributed by atoms with van der Waals surface area (Å²) in [6.07, 6.45) is 1.81. The highest BCUT2D eigenvalue weighted by molar-refractivity contribution is 7.13. The smallest absolute Gasteiger partial charge is 0.123 e. The van der Waals surface area contributed by atoms with Crippen LogP contribution in [0.3, 0.4) is 0 Å². The van der Waals surface area contributed by atoms with Gasteiger partial charge in [-0.3, -0.25) is 0 Å². The summed E-state index contributed by atoms with van der Waals surface area (Å²) in [6, 6.07) is 13.8. The van der Waals surface area contributed by atoms with Crippen molar-refractivity contribution in [3.8, 4) is 10.6 Å². The van der Waals surface area contributed by atoms with Crippen molar-refractivity contribution in [2.45, 2.75) is 6.54 Å². The molecule has 0 saturated heterocycles. The highest BCUT2D eigenvalue weighted by atomic mass is 35.5. The van der Waals surface area contributed by atoms with E-state index in [0.29, 0.717) is 16.6 Å². The zero-order chi connectivity index (χ0) is 14.7. The number of thiazole rings is 1. The minimum atomic E-state index is 0.651. The van der Waals surface area contributed by atoms with Crippen LogP contribution < -0.4 is 5.32 Å². The molecule has 106 valence electrons. The van der Waals surface area contributed by atoms with Crippen molar-refractivity contribution in [2.24, 2.45) is 0 Å². The molecule has 0 aliphatic heterocycles. The molecule has 0 aliphatic carbocycles. The lowest BCUT2D eigenvalue weighted by molar-refractivity contribution is 1.15. The van der Waals surface area contributed by atoms with E-state index in [1.807, 2.05) is 35.8 Å². The topological polar surface area (TPSA) is 24.9 Å². The second-order valence-corrected chi connectivity index (χ2v) is 6.31. The number of hydrogen-bond acceptors (Lipinski definition) is 3. The van der Waals surface area contributed by atoms with Crippen LogP contribution in [0.4, 0.5) is 5.69 Å². The molecule has 3 aromatic rings. The fraction of sp³-hybridized carbons (Fsp3) is 0.0625. The first-order valence-corrected chi connectivity index (χ1v) is 8.03. The molecule has 0 fully saturated rings. The normalized spacial score (nSPS) is 10.6. The molecule has 1 aromatic heterocycles. The molecule has 2 nitrogen and oxygen atoms in total. The second-order valence-electron chi connectivity index (χ2n) is 4.55. The molecule has 1 heterocycles. The van der Waals surface area contributed by atoms with Gasteiger partial charge in [0.1, 0.15) is 5.01 Å². The predicted molar refractivity (Wildman–Crippen MR) is 91.3 cm³/mol. The summed E-state index contributed by atoms with van der Waals surface area (Å²) in [4.78, 5) is 4.30. The predicted octanol–water partition coefficient (Wildman–Crippen LogP) is 5.73.